The van der Waals surface area contributed by atoms with E-state index in [1.165, 1.54) is 101 Å². The van der Waals surface area contributed by atoms with Crippen molar-refractivity contribution >= 4 is 0 Å². The molecular weight excluding hydrogens is 507 g/mol. The maximum Gasteiger partial charge on any atom is 0.169 e. The van der Waals surface area contributed by atoms with E-state index in [-0.39, 0.29) is 24.8 Å². The van der Waals surface area contributed by atoms with Crippen LogP contribution in [0.3, 0.4) is 0 Å². The summed E-state index contributed by atoms with van der Waals surface area (Å²) in [5.41, 5.74) is 3.79. The molecule has 218 valence electrons. The Morgan fingerprint density at radius 1 is 0.447 bits per heavy atom. The average Bonchev–Trinajstić information content (AvgIpc) is 2.82. The van der Waals surface area contributed by atoms with E-state index in [0.29, 0.717) is 10.8 Å². The van der Waals surface area contributed by atoms with Crippen molar-refractivity contribution < 1.29 is 33.9 Å². The van der Waals surface area contributed by atoms with Crippen LogP contribution in [0.4, 0.5) is 0 Å². The molecular formula is C34H58Cl2N2. The minimum Gasteiger partial charge on any atom is -1.00 e. The van der Waals surface area contributed by atoms with E-state index in [1.807, 2.05) is 0 Å². The molecule has 0 amide bonds. The van der Waals surface area contributed by atoms with Gasteiger partial charge in [0.15, 0.2) is 24.8 Å². The van der Waals surface area contributed by atoms with Crippen LogP contribution in [0.1, 0.15) is 130 Å². The summed E-state index contributed by atoms with van der Waals surface area (Å²) in [6.07, 6.45) is 27.8. The van der Waals surface area contributed by atoms with Gasteiger partial charge >= 0.3 is 0 Å². The molecule has 0 unspecified atom stereocenters. The third kappa shape index (κ3) is 19.0. The normalized spacial score (nSPS) is 11.6. The zero-order valence-electron chi connectivity index (χ0n) is 25.6. The molecule has 0 fully saturated rings. The van der Waals surface area contributed by atoms with E-state index in [1.54, 1.807) is 0 Å². The first-order valence-corrected chi connectivity index (χ1v) is 15.1. The number of unbranched alkanes of at least 4 members (excludes halogenated alkanes) is 9. The second-order valence-electron chi connectivity index (χ2n) is 13.5. The maximum atomic E-state index is 2.36. The fraction of sp³-hybridized carbons (Fsp3) is 0.706. The molecule has 0 spiro atoms. The van der Waals surface area contributed by atoms with Crippen LogP contribution in [-0.2, 0) is 25.9 Å². The van der Waals surface area contributed by atoms with Crippen LogP contribution in [0.2, 0.25) is 0 Å². The summed E-state index contributed by atoms with van der Waals surface area (Å²) in [4.78, 5) is 0. The number of aryl methyl sites for hydroxylation is 4. The smallest absolute Gasteiger partial charge is 0.169 e. The number of halogens is 2. The van der Waals surface area contributed by atoms with Gasteiger partial charge in [0.25, 0.3) is 0 Å². The van der Waals surface area contributed by atoms with Gasteiger partial charge in [-0.1, -0.05) is 80.1 Å². The topological polar surface area (TPSA) is 7.76 Å². The molecule has 0 radical (unpaired) electrons. The summed E-state index contributed by atoms with van der Waals surface area (Å²) in [6, 6.07) is 9.26. The van der Waals surface area contributed by atoms with Gasteiger partial charge in [0.2, 0.25) is 0 Å². The standard InChI is InChI=1S/C34H58N2.2ClH/c1-33(2,3)23-17-31-19-27-35(28-20-31)25-15-13-11-9-7-8-10-12-14-16-26-36-29-21-32(22-30-36)18-24-34(4,5)6;;/h19-22,27-30H,7-18,23-26H2,1-6H3;2*1H/q+2;;/p-2. The van der Waals surface area contributed by atoms with Crippen LogP contribution in [-0.4, -0.2) is 0 Å². The number of hydrogen-bond acceptors (Lipinski definition) is 0. The summed E-state index contributed by atoms with van der Waals surface area (Å²) in [5, 5.41) is 0. The highest BCUT2D eigenvalue weighted by Gasteiger charge is 2.11. The fourth-order valence-corrected chi connectivity index (χ4v) is 4.65. The molecule has 4 heteroatoms. The Hall–Kier alpha value is -1.12. The van der Waals surface area contributed by atoms with Crippen LogP contribution in [0.15, 0.2) is 49.1 Å². The van der Waals surface area contributed by atoms with Crippen LogP contribution >= 0.6 is 0 Å². The SMILES string of the molecule is CC(C)(C)CCc1cc[n+](CCCCCCCCCCCC[n+]2ccc(CCC(C)(C)C)cc2)cc1.[Cl-].[Cl-]. The lowest BCUT2D eigenvalue weighted by atomic mass is 9.89. The highest BCUT2D eigenvalue weighted by molar-refractivity contribution is 5.08. The highest BCUT2D eigenvalue weighted by atomic mass is 35.5. The van der Waals surface area contributed by atoms with Gasteiger partial charge in [-0.3, -0.25) is 0 Å². The second-order valence-corrected chi connectivity index (χ2v) is 13.5. The van der Waals surface area contributed by atoms with Crippen molar-refractivity contribution in [2.45, 2.75) is 145 Å². The monoisotopic (exact) mass is 564 g/mol. The lowest BCUT2D eigenvalue weighted by Crippen LogP contribution is -3.00. The van der Waals surface area contributed by atoms with E-state index < -0.39 is 0 Å². The van der Waals surface area contributed by atoms with E-state index in [0.717, 1.165) is 13.1 Å². The minimum atomic E-state index is 0. The summed E-state index contributed by atoms with van der Waals surface area (Å²) in [5.74, 6) is 0. The van der Waals surface area contributed by atoms with Crippen LogP contribution in [0.5, 0.6) is 0 Å². The average molecular weight is 566 g/mol. The molecule has 0 saturated carbocycles. The molecule has 2 nitrogen and oxygen atoms in total. The summed E-state index contributed by atoms with van der Waals surface area (Å²) in [6.45, 7) is 16.3. The highest BCUT2D eigenvalue weighted by Crippen LogP contribution is 2.21. The van der Waals surface area contributed by atoms with Crippen molar-refractivity contribution in [2.24, 2.45) is 10.8 Å². The van der Waals surface area contributed by atoms with E-state index >= 15 is 0 Å². The summed E-state index contributed by atoms with van der Waals surface area (Å²) >= 11 is 0. The van der Waals surface area contributed by atoms with Gasteiger partial charge in [-0.15, -0.1) is 0 Å². The van der Waals surface area contributed by atoms with Gasteiger partial charge in [-0.2, -0.15) is 0 Å². The van der Waals surface area contributed by atoms with E-state index in [2.05, 4.69) is 99.7 Å². The Balaban J connectivity index is 0.00000684. The first kappa shape index (κ1) is 36.9. The van der Waals surface area contributed by atoms with Gasteiger partial charge < -0.3 is 24.8 Å². The van der Waals surface area contributed by atoms with Crippen molar-refractivity contribution in [3.8, 4) is 0 Å². The van der Waals surface area contributed by atoms with Crippen LogP contribution in [0, 0.1) is 10.8 Å². The zero-order valence-corrected chi connectivity index (χ0v) is 27.1. The predicted molar refractivity (Wildman–Crippen MR) is 155 cm³/mol. The van der Waals surface area contributed by atoms with Gasteiger partial charge in [0.05, 0.1) is 0 Å². The van der Waals surface area contributed by atoms with Crippen molar-refractivity contribution in [1.82, 2.24) is 0 Å². The Morgan fingerprint density at radius 3 is 0.974 bits per heavy atom. The number of rotatable bonds is 17. The lowest BCUT2D eigenvalue weighted by Gasteiger charge is -2.17. The largest absolute Gasteiger partial charge is 1.00 e. The lowest BCUT2D eigenvalue weighted by molar-refractivity contribution is -0.697. The van der Waals surface area contributed by atoms with Crippen molar-refractivity contribution in [3.05, 3.63) is 60.2 Å². The molecule has 2 rings (SSSR count). The molecule has 0 N–H and O–H groups in total. The van der Waals surface area contributed by atoms with Gasteiger partial charge in [-0.25, -0.2) is 9.13 Å². The Kier molecular flexibility index (Phi) is 19.3. The van der Waals surface area contributed by atoms with E-state index in [4.69, 9.17) is 0 Å². The number of hydrogen-bond donors (Lipinski definition) is 0. The quantitative estimate of drug-likeness (QED) is 0.206. The molecule has 0 aliphatic rings. The van der Waals surface area contributed by atoms with Crippen molar-refractivity contribution in [1.29, 1.82) is 0 Å². The molecule has 0 aromatic carbocycles. The molecule has 2 aromatic rings. The van der Waals surface area contributed by atoms with Gasteiger partial charge in [0.1, 0.15) is 13.1 Å². The van der Waals surface area contributed by atoms with Crippen LogP contribution < -0.4 is 33.9 Å². The zero-order chi connectivity index (χ0) is 26.3. The van der Waals surface area contributed by atoms with Gasteiger partial charge in [-0.05, 0) is 60.5 Å². The Morgan fingerprint density at radius 2 is 0.711 bits per heavy atom. The predicted octanol–water partition coefficient (Wildman–Crippen LogP) is 2.83. The molecule has 0 bridgehead atoms. The first-order valence-electron chi connectivity index (χ1n) is 15.1. The van der Waals surface area contributed by atoms with E-state index in [9.17, 15) is 0 Å². The number of aromatic nitrogens is 2. The fourth-order valence-electron chi connectivity index (χ4n) is 4.65. The molecule has 0 saturated heterocycles. The maximum absolute atomic E-state index is 2.36. The molecule has 2 aromatic heterocycles. The van der Waals surface area contributed by atoms with Crippen molar-refractivity contribution in [3.63, 3.8) is 0 Å². The second kappa shape index (κ2) is 19.9. The third-order valence-electron chi connectivity index (χ3n) is 7.33. The first-order chi connectivity index (χ1) is 17.1. The molecule has 38 heavy (non-hydrogen) atoms. The Bertz CT molecular complexity index is 746. The van der Waals surface area contributed by atoms with Crippen LogP contribution in [0.25, 0.3) is 0 Å². The minimum absolute atomic E-state index is 0. The van der Waals surface area contributed by atoms with Crippen molar-refractivity contribution in [2.75, 3.05) is 0 Å². The molecule has 2 heterocycles. The molecule has 0 aliphatic heterocycles. The summed E-state index contributed by atoms with van der Waals surface area (Å²) in [7, 11) is 0. The van der Waals surface area contributed by atoms with Gasteiger partial charge in [0, 0.05) is 37.1 Å². The summed E-state index contributed by atoms with van der Waals surface area (Å²) < 4.78 is 4.72. The number of nitrogens with zero attached hydrogens (tertiary/aromatic N) is 2. The molecule has 0 atom stereocenters. The third-order valence-corrected chi connectivity index (χ3v) is 7.33. The Labute approximate surface area is 248 Å². The number of pyridine rings is 2. The molecule has 0 aliphatic carbocycles.